The average molecular weight is 371 g/mol. The number of fused-ring (bicyclic) bond motifs is 1. The van der Waals surface area contributed by atoms with Crippen molar-refractivity contribution >= 4 is 22.6 Å². The fourth-order valence-corrected chi connectivity index (χ4v) is 3.18. The number of nitrogens with zero attached hydrogens (tertiary/aromatic N) is 1. The number of hydrogen-bond acceptors (Lipinski definition) is 2. The Kier molecular flexibility index (Phi) is 5.70. The van der Waals surface area contributed by atoms with Gasteiger partial charge in [-0.2, -0.15) is 0 Å². The zero-order valence-corrected chi connectivity index (χ0v) is 13.6. The molecule has 0 radical (unpaired) electrons. The van der Waals surface area contributed by atoms with Crippen molar-refractivity contribution in [3.05, 3.63) is 39.5 Å². The van der Waals surface area contributed by atoms with Gasteiger partial charge in [-0.05, 0) is 53.5 Å². The first kappa shape index (κ1) is 14.9. The van der Waals surface area contributed by atoms with E-state index in [0.29, 0.717) is 11.8 Å². The van der Waals surface area contributed by atoms with Crippen LogP contribution in [-0.2, 0) is 12.8 Å². The third kappa shape index (κ3) is 3.72. The van der Waals surface area contributed by atoms with Gasteiger partial charge in [-0.25, -0.2) is 0 Å². The molecular weight excluding hydrogens is 349 g/mol. The Morgan fingerprint density at radius 3 is 3.05 bits per heavy atom. The van der Waals surface area contributed by atoms with Gasteiger partial charge < -0.3 is 5.11 Å². The number of aryl methyl sites for hydroxylation is 1. The molecule has 1 atom stereocenters. The Morgan fingerprint density at radius 1 is 1.47 bits per heavy atom. The van der Waals surface area contributed by atoms with Crippen LogP contribution in [0.2, 0.25) is 0 Å². The lowest BCUT2D eigenvalue weighted by Gasteiger charge is -2.34. The molecule has 2 rings (SSSR count). The lowest BCUT2D eigenvalue weighted by molar-refractivity contribution is 0.198. The van der Waals surface area contributed by atoms with Crippen LogP contribution in [-0.4, -0.2) is 29.1 Å². The number of phenols is 1. The maximum Gasteiger partial charge on any atom is 0.119 e. The molecule has 1 N–H and O–H groups in total. The molecule has 0 unspecified atom stereocenters. The average Bonchev–Trinajstić information content (AvgIpc) is 2.44. The van der Waals surface area contributed by atoms with Crippen molar-refractivity contribution in [3.8, 4) is 5.75 Å². The molecule has 0 fully saturated rings. The summed E-state index contributed by atoms with van der Waals surface area (Å²) in [4.78, 5) is 2.55. The molecule has 1 aromatic rings. The predicted molar refractivity (Wildman–Crippen MR) is 88.9 cm³/mol. The second kappa shape index (κ2) is 7.29. The SMILES string of the molecule is CCCN(C/C=C\I)[C@@H]1CCc2cccc(O)c2C1. The van der Waals surface area contributed by atoms with Gasteiger partial charge in [0.2, 0.25) is 0 Å². The minimum absolute atomic E-state index is 0.475. The van der Waals surface area contributed by atoms with Crippen LogP contribution < -0.4 is 0 Å². The van der Waals surface area contributed by atoms with E-state index in [0.717, 1.165) is 25.9 Å². The van der Waals surface area contributed by atoms with Gasteiger partial charge in [0.15, 0.2) is 0 Å². The van der Waals surface area contributed by atoms with Gasteiger partial charge in [0.25, 0.3) is 0 Å². The van der Waals surface area contributed by atoms with E-state index in [2.05, 4.69) is 50.6 Å². The quantitative estimate of drug-likeness (QED) is 0.794. The Morgan fingerprint density at radius 2 is 2.32 bits per heavy atom. The Hall–Kier alpha value is -0.550. The fourth-order valence-electron chi connectivity index (χ4n) is 2.95. The molecule has 0 bridgehead atoms. The monoisotopic (exact) mass is 371 g/mol. The third-order valence-corrected chi connectivity index (χ3v) is 4.40. The number of hydrogen-bond donors (Lipinski definition) is 1. The Bertz CT molecular complexity index is 444. The third-order valence-electron chi connectivity index (χ3n) is 3.89. The molecule has 0 saturated heterocycles. The molecule has 2 nitrogen and oxygen atoms in total. The molecule has 3 heteroatoms. The van der Waals surface area contributed by atoms with E-state index < -0.39 is 0 Å². The second-order valence-corrected chi connectivity index (χ2v) is 5.89. The molecule has 1 aliphatic carbocycles. The maximum atomic E-state index is 10.0. The Labute approximate surface area is 129 Å². The first-order chi connectivity index (χ1) is 9.26. The number of aromatic hydroxyl groups is 1. The number of rotatable bonds is 5. The summed E-state index contributed by atoms with van der Waals surface area (Å²) in [7, 11) is 0. The van der Waals surface area contributed by atoms with Crippen LogP contribution >= 0.6 is 22.6 Å². The van der Waals surface area contributed by atoms with E-state index in [1.54, 1.807) is 0 Å². The molecule has 1 aromatic carbocycles. The zero-order valence-electron chi connectivity index (χ0n) is 11.5. The first-order valence-electron chi connectivity index (χ1n) is 7.05. The summed E-state index contributed by atoms with van der Waals surface area (Å²) >= 11 is 2.28. The van der Waals surface area contributed by atoms with E-state index in [1.165, 1.54) is 24.0 Å². The normalized spacial score (nSPS) is 19.0. The lowest BCUT2D eigenvalue weighted by atomic mass is 9.86. The largest absolute Gasteiger partial charge is 0.508 e. The summed E-state index contributed by atoms with van der Waals surface area (Å²) in [5.74, 6) is 0.475. The van der Waals surface area contributed by atoms with Crippen molar-refractivity contribution < 1.29 is 5.11 Å². The summed E-state index contributed by atoms with van der Waals surface area (Å²) < 4.78 is 2.09. The summed E-state index contributed by atoms with van der Waals surface area (Å²) in [6, 6.07) is 6.49. The van der Waals surface area contributed by atoms with Crippen LogP contribution in [0.5, 0.6) is 5.75 Å². The van der Waals surface area contributed by atoms with E-state index in [4.69, 9.17) is 0 Å². The van der Waals surface area contributed by atoms with Crippen LogP contribution in [0.4, 0.5) is 0 Å². The van der Waals surface area contributed by atoms with Crippen LogP contribution in [0.3, 0.4) is 0 Å². The number of benzene rings is 1. The molecule has 0 aliphatic heterocycles. The second-order valence-electron chi connectivity index (χ2n) is 5.17. The molecule has 0 saturated carbocycles. The Balaban J connectivity index is 2.12. The highest BCUT2D eigenvalue weighted by atomic mass is 127. The van der Waals surface area contributed by atoms with Crippen molar-refractivity contribution in [2.24, 2.45) is 0 Å². The standard InChI is InChI=1S/C16H22INO/c1-2-10-18(11-4-9-17)14-8-7-13-5-3-6-16(19)15(13)12-14/h3-6,9,14,19H,2,7-8,10-12H2,1H3/b9-4-/t14-/m1/s1. The van der Waals surface area contributed by atoms with Crippen LogP contribution in [0.1, 0.15) is 30.9 Å². The van der Waals surface area contributed by atoms with Crippen LogP contribution in [0.25, 0.3) is 0 Å². The lowest BCUT2D eigenvalue weighted by Crippen LogP contribution is -2.40. The van der Waals surface area contributed by atoms with E-state index >= 15 is 0 Å². The van der Waals surface area contributed by atoms with Gasteiger partial charge in [-0.3, -0.25) is 4.90 Å². The first-order valence-corrected chi connectivity index (χ1v) is 8.29. The highest BCUT2D eigenvalue weighted by Gasteiger charge is 2.24. The summed E-state index contributed by atoms with van der Waals surface area (Å²) in [6.07, 6.45) is 6.67. The molecule has 0 heterocycles. The molecule has 0 aromatic heterocycles. The van der Waals surface area contributed by atoms with Crippen molar-refractivity contribution in [2.75, 3.05) is 13.1 Å². The van der Waals surface area contributed by atoms with E-state index in [9.17, 15) is 5.11 Å². The minimum Gasteiger partial charge on any atom is -0.508 e. The van der Waals surface area contributed by atoms with Gasteiger partial charge in [-0.1, -0.05) is 47.7 Å². The smallest absolute Gasteiger partial charge is 0.119 e. The summed E-state index contributed by atoms with van der Waals surface area (Å²) in [5.41, 5.74) is 2.50. The molecular formula is C16H22INO. The van der Waals surface area contributed by atoms with Gasteiger partial charge >= 0.3 is 0 Å². The van der Waals surface area contributed by atoms with Gasteiger partial charge in [0, 0.05) is 12.6 Å². The van der Waals surface area contributed by atoms with Gasteiger partial charge in [0.05, 0.1) is 0 Å². The minimum atomic E-state index is 0.475. The van der Waals surface area contributed by atoms with Crippen molar-refractivity contribution in [1.29, 1.82) is 0 Å². The summed E-state index contributed by atoms with van der Waals surface area (Å²) in [5, 5.41) is 10.0. The maximum absolute atomic E-state index is 10.0. The van der Waals surface area contributed by atoms with Crippen LogP contribution in [0, 0.1) is 0 Å². The molecule has 19 heavy (non-hydrogen) atoms. The number of halogens is 1. The van der Waals surface area contributed by atoms with Crippen molar-refractivity contribution in [3.63, 3.8) is 0 Å². The van der Waals surface area contributed by atoms with Crippen molar-refractivity contribution in [1.82, 2.24) is 4.90 Å². The van der Waals surface area contributed by atoms with E-state index in [-0.39, 0.29) is 0 Å². The van der Waals surface area contributed by atoms with Gasteiger partial charge in [0.1, 0.15) is 5.75 Å². The highest BCUT2D eigenvalue weighted by Crippen LogP contribution is 2.30. The molecule has 1 aliphatic rings. The van der Waals surface area contributed by atoms with E-state index in [1.807, 2.05) is 12.1 Å². The molecule has 0 spiro atoms. The molecule has 104 valence electrons. The van der Waals surface area contributed by atoms with Crippen LogP contribution in [0.15, 0.2) is 28.4 Å². The topological polar surface area (TPSA) is 23.5 Å². The fraction of sp³-hybridized carbons (Fsp3) is 0.500. The zero-order chi connectivity index (χ0) is 13.7. The molecule has 0 amide bonds. The van der Waals surface area contributed by atoms with Crippen molar-refractivity contribution in [2.45, 2.75) is 38.6 Å². The number of phenolic OH excluding ortho intramolecular Hbond substituents is 1. The predicted octanol–water partition coefficient (Wildman–Crippen LogP) is 3.91. The highest BCUT2D eigenvalue weighted by molar-refractivity contribution is 14.1. The summed E-state index contributed by atoms with van der Waals surface area (Å²) in [6.45, 7) is 4.38. The van der Waals surface area contributed by atoms with Gasteiger partial charge in [-0.15, -0.1) is 0 Å².